The molecule has 1 N–H and O–H groups in total. The van der Waals surface area contributed by atoms with E-state index < -0.39 is 0 Å². The van der Waals surface area contributed by atoms with Crippen LogP contribution in [0.25, 0.3) is 0 Å². The number of nitrogens with zero attached hydrogens (tertiary/aromatic N) is 1. The van der Waals surface area contributed by atoms with Crippen LogP contribution in [0.15, 0.2) is 28.5 Å². The van der Waals surface area contributed by atoms with Gasteiger partial charge in [-0.1, -0.05) is 13.8 Å². The van der Waals surface area contributed by atoms with Crippen molar-refractivity contribution in [2.24, 2.45) is 5.41 Å². The Balaban J connectivity index is 2.21. The van der Waals surface area contributed by atoms with E-state index in [4.69, 9.17) is 0 Å². The molecule has 3 nitrogen and oxygen atoms in total. The quantitative estimate of drug-likeness (QED) is 0.902. The van der Waals surface area contributed by atoms with E-state index in [0.717, 1.165) is 28.0 Å². The van der Waals surface area contributed by atoms with Crippen LogP contribution < -0.4 is 5.32 Å². The Morgan fingerprint density at radius 1 is 1.39 bits per heavy atom. The molecule has 0 aliphatic heterocycles. The van der Waals surface area contributed by atoms with Crippen LogP contribution in [0.3, 0.4) is 0 Å². The number of carbonyl (C=O) groups excluding carboxylic acids is 1. The molecule has 0 saturated heterocycles. The van der Waals surface area contributed by atoms with Gasteiger partial charge in [0, 0.05) is 28.9 Å². The molecule has 0 fully saturated rings. The minimum atomic E-state index is 0.0252. The maximum atomic E-state index is 11.7. The molecular weight excluding hydrogens is 292 g/mol. The fraction of sp³-hybridized carbons (Fsp3) is 0.429. The molecule has 0 aromatic carbocycles. The van der Waals surface area contributed by atoms with Gasteiger partial charge < -0.3 is 5.32 Å². The normalized spacial score (nSPS) is 18.4. The molecule has 0 amide bonds. The molecule has 0 radical (unpaired) electrons. The first kappa shape index (κ1) is 13.3. The van der Waals surface area contributed by atoms with Gasteiger partial charge in [0.15, 0.2) is 5.78 Å². The van der Waals surface area contributed by atoms with E-state index in [1.54, 1.807) is 12.3 Å². The van der Waals surface area contributed by atoms with Crippen LogP contribution in [0.5, 0.6) is 0 Å². The van der Waals surface area contributed by atoms with Gasteiger partial charge in [0.25, 0.3) is 0 Å². The first-order chi connectivity index (χ1) is 8.35. The average Bonchev–Trinajstić information content (AvgIpc) is 2.19. The summed E-state index contributed by atoms with van der Waals surface area (Å²) < 4.78 is 0.958. The van der Waals surface area contributed by atoms with Gasteiger partial charge in [-0.25, -0.2) is 4.98 Å². The van der Waals surface area contributed by atoms with Crippen molar-refractivity contribution in [3.63, 3.8) is 0 Å². The van der Waals surface area contributed by atoms with E-state index in [1.165, 1.54) is 0 Å². The van der Waals surface area contributed by atoms with E-state index >= 15 is 0 Å². The molecule has 1 aliphatic carbocycles. The summed E-state index contributed by atoms with van der Waals surface area (Å²) >= 11 is 3.39. The maximum absolute atomic E-state index is 11.7. The van der Waals surface area contributed by atoms with Crippen LogP contribution in [0.1, 0.15) is 32.3 Å². The van der Waals surface area contributed by atoms with Gasteiger partial charge in [0.2, 0.25) is 0 Å². The first-order valence-corrected chi connectivity index (χ1v) is 6.78. The van der Waals surface area contributed by atoms with Crippen LogP contribution in [-0.2, 0) is 4.79 Å². The van der Waals surface area contributed by atoms with Crippen LogP contribution in [0.2, 0.25) is 0 Å². The molecule has 0 atom stereocenters. The van der Waals surface area contributed by atoms with Crippen molar-refractivity contribution >= 4 is 27.5 Å². The average molecular weight is 309 g/mol. The highest BCUT2D eigenvalue weighted by Gasteiger charge is 2.27. The summed E-state index contributed by atoms with van der Waals surface area (Å²) in [5.74, 6) is 0.999. The van der Waals surface area contributed by atoms with Crippen molar-refractivity contribution in [2.75, 3.05) is 5.32 Å². The second-order valence-electron chi connectivity index (χ2n) is 5.60. The number of carbonyl (C=O) groups is 1. The highest BCUT2D eigenvalue weighted by atomic mass is 79.9. The summed E-state index contributed by atoms with van der Waals surface area (Å²) in [6.45, 7) is 6.22. The number of allylic oxidation sites excluding steroid dienone is 2. The van der Waals surface area contributed by atoms with Crippen molar-refractivity contribution < 1.29 is 4.79 Å². The summed E-state index contributed by atoms with van der Waals surface area (Å²) in [5, 5.41) is 3.27. The maximum Gasteiger partial charge on any atom is 0.157 e. The van der Waals surface area contributed by atoms with Gasteiger partial charge >= 0.3 is 0 Å². The van der Waals surface area contributed by atoms with E-state index in [0.29, 0.717) is 6.42 Å². The molecule has 1 heterocycles. The predicted octanol–water partition coefficient (Wildman–Crippen LogP) is 3.84. The molecular formula is C14H17BrN2O. The zero-order valence-corrected chi connectivity index (χ0v) is 12.5. The zero-order chi connectivity index (χ0) is 13.3. The summed E-state index contributed by atoms with van der Waals surface area (Å²) in [6, 6.07) is 2.01. The molecule has 18 heavy (non-hydrogen) atoms. The lowest BCUT2D eigenvalue weighted by Crippen LogP contribution is -2.24. The molecule has 1 aromatic rings. The SMILES string of the molecule is Cc1cc(Br)cnc1NC1=CC(=O)CC(C)(C)C1. The second-order valence-corrected chi connectivity index (χ2v) is 6.51. The largest absolute Gasteiger partial charge is 0.343 e. The van der Waals surface area contributed by atoms with Gasteiger partial charge in [-0.15, -0.1) is 0 Å². The van der Waals surface area contributed by atoms with Crippen molar-refractivity contribution in [1.82, 2.24) is 4.98 Å². The van der Waals surface area contributed by atoms with Crippen molar-refractivity contribution in [3.05, 3.63) is 34.1 Å². The number of aromatic nitrogens is 1. The second kappa shape index (κ2) is 4.84. The van der Waals surface area contributed by atoms with E-state index in [2.05, 4.69) is 40.1 Å². The number of nitrogens with one attached hydrogen (secondary N) is 1. The third-order valence-corrected chi connectivity index (χ3v) is 3.41. The zero-order valence-electron chi connectivity index (χ0n) is 10.9. The third-order valence-electron chi connectivity index (χ3n) is 2.98. The van der Waals surface area contributed by atoms with E-state index in [1.807, 2.05) is 13.0 Å². The molecule has 0 spiro atoms. The minimum Gasteiger partial charge on any atom is -0.343 e. The monoisotopic (exact) mass is 308 g/mol. The number of pyridine rings is 1. The Morgan fingerprint density at radius 3 is 2.72 bits per heavy atom. The van der Waals surface area contributed by atoms with Gasteiger partial charge in [0.1, 0.15) is 5.82 Å². The Labute approximate surface area is 116 Å². The topological polar surface area (TPSA) is 42.0 Å². The number of aryl methyl sites for hydroxylation is 1. The Morgan fingerprint density at radius 2 is 2.11 bits per heavy atom. The Hall–Kier alpha value is -1.16. The minimum absolute atomic E-state index is 0.0252. The van der Waals surface area contributed by atoms with Crippen LogP contribution in [0.4, 0.5) is 5.82 Å². The highest BCUT2D eigenvalue weighted by molar-refractivity contribution is 9.10. The number of halogens is 1. The number of anilines is 1. The van der Waals surface area contributed by atoms with E-state index in [9.17, 15) is 4.79 Å². The molecule has 4 heteroatoms. The highest BCUT2D eigenvalue weighted by Crippen LogP contribution is 2.34. The van der Waals surface area contributed by atoms with Crippen molar-refractivity contribution in [3.8, 4) is 0 Å². The number of hydrogen-bond acceptors (Lipinski definition) is 3. The summed E-state index contributed by atoms with van der Waals surface area (Å²) in [4.78, 5) is 16.0. The summed E-state index contributed by atoms with van der Waals surface area (Å²) in [7, 11) is 0. The smallest absolute Gasteiger partial charge is 0.157 e. The lowest BCUT2D eigenvalue weighted by molar-refractivity contribution is -0.117. The number of rotatable bonds is 2. The molecule has 0 saturated carbocycles. The van der Waals surface area contributed by atoms with Gasteiger partial charge in [-0.2, -0.15) is 0 Å². The van der Waals surface area contributed by atoms with Crippen molar-refractivity contribution in [2.45, 2.75) is 33.6 Å². The van der Waals surface area contributed by atoms with Crippen LogP contribution >= 0.6 is 15.9 Å². The molecule has 96 valence electrons. The van der Waals surface area contributed by atoms with E-state index in [-0.39, 0.29) is 11.2 Å². The molecule has 1 aliphatic rings. The fourth-order valence-corrected chi connectivity index (χ4v) is 2.70. The van der Waals surface area contributed by atoms with Gasteiger partial charge in [-0.3, -0.25) is 4.79 Å². The fourth-order valence-electron chi connectivity index (χ4n) is 2.25. The Kier molecular flexibility index (Phi) is 3.57. The van der Waals surface area contributed by atoms with Crippen LogP contribution in [0, 0.1) is 12.3 Å². The number of ketones is 1. The standard InChI is InChI=1S/C14H17BrN2O/c1-9-4-10(15)8-16-13(9)17-11-5-12(18)7-14(2,3)6-11/h4-5,8H,6-7H2,1-3H3,(H,16,17). The molecule has 0 bridgehead atoms. The number of hydrogen-bond donors (Lipinski definition) is 1. The molecule has 2 rings (SSSR count). The molecule has 0 unspecified atom stereocenters. The third kappa shape index (κ3) is 3.19. The summed E-state index contributed by atoms with van der Waals surface area (Å²) in [5.41, 5.74) is 2.03. The van der Waals surface area contributed by atoms with Crippen molar-refractivity contribution in [1.29, 1.82) is 0 Å². The van der Waals surface area contributed by atoms with Gasteiger partial charge in [-0.05, 0) is 46.3 Å². The lowest BCUT2D eigenvalue weighted by atomic mass is 9.79. The van der Waals surface area contributed by atoms with Gasteiger partial charge in [0.05, 0.1) is 0 Å². The summed E-state index contributed by atoms with van der Waals surface area (Å²) in [6.07, 6.45) is 4.95. The van der Waals surface area contributed by atoms with Crippen LogP contribution in [-0.4, -0.2) is 10.8 Å². The predicted molar refractivity (Wildman–Crippen MR) is 76.4 cm³/mol. The lowest BCUT2D eigenvalue weighted by Gasteiger charge is -2.29. The Bertz CT molecular complexity index is 521. The first-order valence-electron chi connectivity index (χ1n) is 5.98. The molecule has 1 aromatic heterocycles.